The van der Waals surface area contributed by atoms with Crippen LogP contribution in [0.15, 0.2) is 0 Å². The standard InChI is InChI=1S/5C8H18O2/c1-7(2)3-4-8(5-9)6-10;1-4-7(2)8(3,5-9)6-10;1-4-8(5-9,6-10)7(2)3;1-3-4-5-8(2,6-9)7-10;1-3-5-8(4-2,6-9)7-10/h7-10H,3-6H2,1-2H3;2*7,9-10H,4-6H2,1-3H3;2*9-10H,3-7H2,1-2H3. The number of aliphatic hydroxyl groups is 10. The molecule has 0 aromatic heterocycles. The summed E-state index contributed by atoms with van der Waals surface area (Å²) >= 11 is 0. The molecule has 0 rings (SSSR count). The van der Waals surface area contributed by atoms with Crippen molar-refractivity contribution in [1.29, 1.82) is 0 Å². The first kappa shape index (κ1) is 58.9. The summed E-state index contributed by atoms with van der Waals surface area (Å²) in [7, 11) is 0. The number of hydrogen-bond acceptors (Lipinski definition) is 10. The van der Waals surface area contributed by atoms with Gasteiger partial charge in [-0.15, -0.1) is 0 Å². The maximum atomic E-state index is 8.99. The number of aliphatic hydroxyl groups excluding tert-OH is 10. The zero-order valence-corrected chi connectivity index (χ0v) is 34.9. The van der Waals surface area contributed by atoms with Crippen molar-refractivity contribution in [2.45, 2.75) is 147 Å². The molecule has 0 fully saturated rings. The summed E-state index contributed by atoms with van der Waals surface area (Å²) in [4.78, 5) is 0. The van der Waals surface area contributed by atoms with Crippen LogP contribution >= 0.6 is 0 Å². The Bertz CT molecular complexity index is 630. The minimum Gasteiger partial charge on any atom is -0.396 e. The van der Waals surface area contributed by atoms with E-state index in [-0.39, 0.29) is 93.6 Å². The molecule has 310 valence electrons. The molecular weight excluding hydrogens is 640 g/mol. The smallest absolute Gasteiger partial charge is 0.0511 e. The predicted molar refractivity (Wildman–Crippen MR) is 209 cm³/mol. The van der Waals surface area contributed by atoms with Gasteiger partial charge in [-0.05, 0) is 49.9 Å². The van der Waals surface area contributed by atoms with Crippen LogP contribution in [-0.4, -0.2) is 117 Å². The van der Waals surface area contributed by atoms with E-state index in [2.05, 4.69) is 34.6 Å². The lowest BCUT2D eigenvalue weighted by atomic mass is 9.76. The van der Waals surface area contributed by atoms with Crippen LogP contribution in [0.4, 0.5) is 0 Å². The van der Waals surface area contributed by atoms with Crippen molar-refractivity contribution in [3.05, 3.63) is 0 Å². The third-order valence-corrected chi connectivity index (χ3v) is 10.9. The SMILES string of the molecule is CC(C)CCC(CO)CO.CCC(C)C(C)(CO)CO.CCC(CO)(CO)C(C)C.CCCC(CC)(CO)CO.CCCCC(C)(CO)CO. The van der Waals surface area contributed by atoms with Crippen molar-refractivity contribution in [3.8, 4) is 0 Å². The van der Waals surface area contributed by atoms with Gasteiger partial charge in [0.25, 0.3) is 0 Å². The van der Waals surface area contributed by atoms with Crippen LogP contribution in [0.2, 0.25) is 0 Å². The van der Waals surface area contributed by atoms with Crippen molar-refractivity contribution in [2.24, 2.45) is 45.3 Å². The minimum absolute atomic E-state index is 0.0680. The molecule has 0 aromatic rings. The summed E-state index contributed by atoms with van der Waals surface area (Å²) < 4.78 is 0. The number of rotatable bonds is 23. The second kappa shape index (κ2) is 35.6. The average Bonchev–Trinajstić information content (AvgIpc) is 3.14. The van der Waals surface area contributed by atoms with Crippen molar-refractivity contribution in [3.63, 3.8) is 0 Å². The zero-order valence-electron chi connectivity index (χ0n) is 34.9. The normalized spacial score (nSPS) is 12.7. The fourth-order valence-corrected chi connectivity index (χ4v) is 4.66. The molecule has 50 heavy (non-hydrogen) atoms. The van der Waals surface area contributed by atoms with Crippen molar-refractivity contribution in [2.75, 3.05) is 66.1 Å². The summed E-state index contributed by atoms with van der Waals surface area (Å²) in [6.07, 6.45) is 9.76. The van der Waals surface area contributed by atoms with Gasteiger partial charge < -0.3 is 51.1 Å². The second-order valence-corrected chi connectivity index (χ2v) is 15.8. The molecule has 0 aliphatic heterocycles. The molecule has 10 N–H and O–H groups in total. The summed E-state index contributed by atoms with van der Waals surface area (Å²) in [5.74, 6) is 1.48. The lowest BCUT2D eigenvalue weighted by molar-refractivity contribution is 0.0130. The Kier molecular flexibility index (Phi) is 42.0. The van der Waals surface area contributed by atoms with Gasteiger partial charge in [-0.25, -0.2) is 0 Å². The van der Waals surface area contributed by atoms with Crippen LogP contribution in [0, 0.1) is 45.3 Å². The van der Waals surface area contributed by atoms with Crippen LogP contribution in [-0.2, 0) is 0 Å². The van der Waals surface area contributed by atoms with Gasteiger partial charge in [0.05, 0.1) is 52.9 Å². The fraction of sp³-hybridized carbons (Fsp3) is 1.00. The summed E-state index contributed by atoms with van der Waals surface area (Å²) in [6.45, 7) is 25.3. The van der Waals surface area contributed by atoms with E-state index in [1.54, 1.807) is 0 Å². The largest absolute Gasteiger partial charge is 0.396 e. The quantitative estimate of drug-likeness (QED) is 0.0648. The van der Waals surface area contributed by atoms with Gasteiger partial charge in [0.15, 0.2) is 0 Å². The molecule has 0 aliphatic rings. The van der Waals surface area contributed by atoms with Crippen molar-refractivity contribution in [1.82, 2.24) is 0 Å². The maximum absolute atomic E-state index is 8.99. The second-order valence-electron chi connectivity index (χ2n) is 15.8. The topological polar surface area (TPSA) is 202 Å². The molecule has 0 radical (unpaired) electrons. The molecular formula is C40H90O10. The van der Waals surface area contributed by atoms with Gasteiger partial charge in [0, 0.05) is 40.8 Å². The minimum atomic E-state index is -0.297. The van der Waals surface area contributed by atoms with Gasteiger partial charge in [-0.2, -0.15) is 0 Å². The molecule has 0 aliphatic carbocycles. The summed E-state index contributed by atoms with van der Waals surface area (Å²) in [5, 5.41) is 88.8. The molecule has 0 saturated carbocycles. The molecule has 0 aromatic carbocycles. The molecule has 0 heterocycles. The Morgan fingerprint density at radius 3 is 1.12 bits per heavy atom. The molecule has 10 heteroatoms. The Labute approximate surface area is 309 Å². The third-order valence-electron chi connectivity index (χ3n) is 10.9. The molecule has 0 saturated heterocycles. The first-order valence-corrected chi connectivity index (χ1v) is 19.4. The Balaban J connectivity index is -0.000000169. The van der Waals surface area contributed by atoms with E-state index >= 15 is 0 Å². The van der Waals surface area contributed by atoms with Gasteiger partial charge in [-0.3, -0.25) is 0 Å². The lowest BCUT2D eigenvalue weighted by Gasteiger charge is -2.32. The van der Waals surface area contributed by atoms with Crippen LogP contribution in [0.1, 0.15) is 147 Å². The maximum Gasteiger partial charge on any atom is 0.0511 e. The van der Waals surface area contributed by atoms with Crippen LogP contribution < -0.4 is 0 Å². The van der Waals surface area contributed by atoms with Gasteiger partial charge in [0.2, 0.25) is 0 Å². The van der Waals surface area contributed by atoms with Gasteiger partial charge in [0.1, 0.15) is 0 Å². The third kappa shape index (κ3) is 27.2. The number of hydrogen-bond donors (Lipinski definition) is 10. The van der Waals surface area contributed by atoms with E-state index in [1.807, 2.05) is 48.5 Å². The van der Waals surface area contributed by atoms with Crippen LogP contribution in [0.3, 0.4) is 0 Å². The molecule has 0 spiro atoms. The summed E-state index contributed by atoms with van der Waals surface area (Å²) in [6, 6.07) is 0. The number of unbranched alkanes of at least 4 members (excludes halogenated alkanes) is 1. The highest BCUT2D eigenvalue weighted by Gasteiger charge is 2.30. The van der Waals surface area contributed by atoms with Crippen molar-refractivity contribution < 1.29 is 51.1 Å². The van der Waals surface area contributed by atoms with E-state index in [0.29, 0.717) is 17.8 Å². The highest BCUT2D eigenvalue weighted by molar-refractivity contribution is 4.79. The monoisotopic (exact) mass is 731 g/mol. The molecule has 10 nitrogen and oxygen atoms in total. The lowest BCUT2D eigenvalue weighted by Crippen LogP contribution is -2.34. The Morgan fingerprint density at radius 1 is 0.500 bits per heavy atom. The first-order valence-electron chi connectivity index (χ1n) is 19.4. The molecule has 0 bridgehead atoms. The average molecular weight is 731 g/mol. The highest BCUT2D eigenvalue weighted by Crippen LogP contribution is 2.30. The highest BCUT2D eigenvalue weighted by atomic mass is 16.3. The molecule has 1 atom stereocenters. The fourth-order valence-electron chi connectivity index (χ4n) is 4.66. The van der Waals surface area contributed by atoms with E-state index < -0.39 is 0 Å². The molecule has 1 unspecified atom stereocenters. The Hall–Kier alpha value is -0.400. The Morgan fingerprint density at radius 2 is 0.960 bits per heavy atom. The zero-order chi connectivity index (χ0) is 40.5. The van der Waals surface area contributed by atoms with Gasteiger partial charge in [-0.1, -0.05) is 115 Å². The van der Waals surface area contributed by atoms with Crippen LogP contribution in [0.5, 0.6) is 0 Å². The van der Waals surface area contributed by atoms with E-state index in [0.717, 1.165) is 64.2 Å². The van der Waals surface area contributed by atoms with Crippen LogP contribution in [0.25, 0.3) is 0 Å². The van der Waals surface area contributed by atoms with E-state index in [9.17, 15) is 0 Å². The first-order chi connectivity index (χ1) is 23.4. The van der Waals surface area contributed by atoms with Gasteiger partial charge >= 0.3 is 0 Å². The summed E-state index contributed by atoms with van der Waals surface area (Å²) in [5.41, 5.74) is -1.03. The predicted octanol–water partition coefficient (Wildman–Crippen LogP) is 5.41. The van der Waals surface area contributed by atoms with E-state index in [4.69, 9.17) is 51.1 Å². The van der Waals surface area contributed by atoms with Crippen molar-refractivity contribution >= 4 is 0 Å². The molecule has 0 amide bonds. The van der Waals surface area contributed by atoms with E-state index in [1.165, 1.54) is 0 Å².